The van der Waals surface area contributed by atoms with Gasteiger partial charge < -0.3 is 9.97 Å². The summed E-state index contributed by atoms with van der Waals surface area (Å²) in [6, 6.07) is 7.92. The number of fused-ring (bicyclic) bond motifs is 1. The molecule has 1 heterocycles. The van der Waals surface area contributed by atoms with E-state index in [1.165, 1.54) is 0 Å². The van der Waals surface area contributed by atoms with Gasteiger partial charge in [-0.15, -0.1) is 23.2 Å². The number of benzene rings is 1. The lowest BCUT2D eigenvalue weighted by Crippen LogP contribution is -1.63. The Labute approximate surface area is 90.9 Å². The molecular formula is C8H8Cl2N2S. The first-order valence-electron chi connectivity index (χ1n) is 3.57. The van der Waals surface area contributed by atoms with Gasteiger partial charge >= 0.3 is 0 Å². The Morgan fingerprint density at radius 1 is 1.08 bits per heavy atom. The third-order valence-electron chi connectivity index (χ3n) is 1.42. The van der Waals surface area contributed by atoms with Crippen LogP contribution < -0.4 is 0 Å². The van der Waals surface area contributed by atoms with E-state index >= 15 is 0 Å². The fourth-order valence-corrected chi connectivity index (χ4v) is 1.20. The second kappa shape index (κ2) is 5.27. The fraction of sp³-hybridized carbons (Fsp3) is 0.125. The van der Waals surface area contributed by atoms with Crippen LogP contribution in [0.3, 0.4) is 0 Å². The first-order valence-corrected chi connectivity index (χ1v) is 5.04. The zero-order chi connectivity index (χ0) is 9.68. The van der Waals surface area contributed by atoms with Crippen molar-refractivity contribution in [2.45, 2.75) is 0 Å². The maximum atomic E-state index is 4.90. The summed E-state index contributed by atoms with van der Waals surface area (Å²) in [5.41, 5.74) is 2.13. The molecular weight excluding hydrogens is 227 g/mol. The van der Waals surface area contributed by atoms with Crippen LogP contribution in [0, 0.1) is 4.77 Å². The third kappa shape index (κ3) is 3.03. The summed E-state index contributed by atoms with van der Waals surface area (Å²) in [5, 5.41) is 0.194. The highest BCUT2D eigenvalue weighted by atomic mass is 35.5. The van der Waals surface area contributed by atoms with Crippen LogP contribution in [0.15, 0.2) is 24.3 Å². The van der Waals surface area contributed by atoms with E-state index in [0.717, 1.165) is 11.0 Å². The van der Waals surface area contributed by atoms with E-state index in [1.54, 1.807) is 0 Å². The Morgan fingerprint density at radius 2 is 1.46 bits per heavy atom. The second-order valence-electron chi connectivity index (χ2n) is 2.23. The van der Waals surface area contributed by atoms with Crippen LogP contribution in [0.25, 0.3) is 11.0 Å². The molecule has 0 radical (unpaired) electrons. The number of hydrogen-bond donors (Lipinski definition) is 2. The van der Waals surface area contributed by atoms with Crippen molar-refractivity contribution in [1.29, 1.82) is 0 Å². The molecule has 0 aliphatic carbocycles. The van der Waals surface area contributed by atoms with Gasteiger partial charge in [0.15, 0.2) is 4.77 Å². The SMILES string of the molecule is ClCCl.S=c1[nH]c2ccccc2[nH]1. The summed E-state index contributed by atoms with van der Waals surface area (Å²) < 4.78 is 0.682. The fourth-order valence-electron chi connectivity index (χ4n) is 0.977. The Bertz CT molecular complexity index is 385. The lowest BCUT2D eigenvalue weighted by atomic mass is 10.3. The molecule has 70 valence electrons. The van der Waals surface area contributed by atoms with Gasteiger partial charge in [0.1, 0.15) is 0 Å². The van der Waals surface area contributed by atoms with E-state index in [1.807, 2.05) is 24.3 Å². The number of H-pyrrole nitrogens is 2. The normalized spacial score (nSPS) is 9.38. The van der Waals surface area contributed by atoms with Crippen molar-refractivity contribution in [3.8, 4) is 0 Å². The smallest absolute Gasteiger partial charge is 0.175 e. The van der Waals surface area contributed by atoms with Crippen LogP contribution in [0.5, 0.6) is 0 Å². The molecule has 0 saturated heterocycles. The largest absolute Gasteiger partial charge is 0.331 e. The van der Waals surface area contributed by atoms with Crippen LogP contribution >= 0.6 is 35.4 Å². The minimum absolute atomic E-state index is 0.194. The Balaban J connectivity index is 0.000000251. The molecule has 0 aliphatic rings. The molecule has 13 heavy (non-hydrogen) atoms. The summed E-state index contributed by atoms with van der Waals surface area (Å²) >= 11 is 14.4. The molecule has 0 fully saturated rings. The van der Waals surface area contributed by atoms with Crippen molar-refractivity contribution < 1.29 is 0 Å². The molecule has 0 atom stereocenters. The average Bonchev–Trinajstić information content (AvgIpc) is 2.45. The van der Waals surface area contributed by atoms with E-state index in [-0.39, 0.29) is 5.34 Å². The Kier molecular flexibility index (Phi) is 4.28. The highest BCUT2D eigenvalue weighted by molar-refractivity contribution is 7.71. The quantitative estimate of drug-likeness (QED) is 0.530. The van der Waals surface area contributed by atoms with Gasteiger partial charge in [-0.2, -0.15) is 0 Å². The summed E-state index contributed by atoms with van der Waals surface area (Å²) in [7, 11) is 0. The molecule has 0 saturated carbocycles. The monoisotopic (exact) mass is 234 g/mol. The summed E-state index contributed by atoms with van der Waals surface area (Å²) in [5.74, 6) is 0. The number of aromatic amines is 2. The standard InChI is InChI=1S/C7H6N2S.CH2Cl2/c10-7-8-5-3-1-2-4-6(5)9-7;2-1-3/h1-4H,(H2,8,9,10);1H2. The minimum atomic E-state index is 0.194. The zero-order valence-corrected chi connectivity index (χ0v) is 9.01. The van der Waals surface area contributed by atoms with Crippen molar-refractivity contribution in [1.82, 2.24) is 9.97 Å². The van der Waals surface area contributed by atoms with E-state index in [2.05, 4.69) is 9.97 Å². The number of halogens is 2. The number of alkyl halides is 2. The zero-order valence-electron chi connectivity index (χ0n) is 6.68. The molecule has 0 spiro atoms. The Hall–Kier alpha value is -0.510. The highest BCUT2D eigenvalue weighted by Gasteiger charge is 1.90. The molecule has 5 heteroatoms. The van der Waals surface area contributed by atoms with Crippen molar-refractivity contribution in [3.63, 3.8) is 0 Å². The molecule has 2 N–H and O–H groups in total. The summed E-state index contributed by atoms with van der Waals surface area (Å²) in [4.78, 5) is 6.04. The van der Waals surface area contributed by atoms with Crippen molar-refractivity contribution in [2.75, 3.05) is 5.34 Å². The predicted octanol–water partition coefficient (Wildman–Crippen LogP) is 3.65. The number of para-hydroxylation sites is 2. The van der Waals surface area contributed by atoms with Gasteiger partial charge in [0.2, 0.25) is 0 Å². The van der Waals surface area contributed by atoms with Crippen molar-refractivity contribution in [2.24, 2.45) is 0 Å². The summed E-state index contributed by atoms with van der Waals surface area (Å²) in [6.07, 6.45) is 0. The Morgan fingerprint density at radius 3 is 1.85 bits per heavy atom. The van der Waals surface area contributed by atoms with E-state index in [9.17, 15) is 0 Å². The van der Waals surface area contributed by atoms with E-state index in [4.69, 9.17) is 35.4 Å². The molecule has 1 aromatic carbocycles. The van der Waals surface area contributed by atoms with E-state index < -0.39 is 0 Å². The number of imidazole rings is 1. The average molecular weight is 235 g/mol. The highest BCUT2D eigenvalue weighted by Crippen LogP contribution is 2.06. The van der Waals surface area contributed by atoms with Crippen LogP contribution in [0.1, 0.15) is 0 Å². The maximum Gasteiger partial charge on any atom is 0.175 e. The predicted molar refractivity (Wildman–Crippen MR) is 60.1 cm³/mol. The summed E-state index contributed by atoms with van der Waals surface area (Å²) in [6.45, 7) is 0. The number of hydrogen-bond acceptors (Lipinski definition) is 1. The molecule has 0 aliphatic heterocycles. The third-order valence-corrected chi connectivity index (χ3v) is 1.63. The van der Waals surface area contributed by atoms with E-state index in [0.29, 0.717) is 4.77 Å². The van der Waals surface area contributed by atoms with Gasteiger partial charge in [-0.3, -0.25) is 0 Å². The lowest BCUT2D eigenvalue weighted by molar-refractivity contribution is 1.30. The van der Waals surface area contributed by atoms with Crippen LogP contribution in [-0.2, 0) is 0 Å². The van der Waals surface area contributed by atoms with Crippen LogP contribution in [-0.4, -0.2) is 15.3 Å². The number of nitrogens with one attached hydrogen (secondary N) is 2. The lowest BCUT2D eigenvalue weighted by Gasteiger charge is -1.82. The minimum Gasteiger partial charge on any atom is -0.331 e. The van der Waals surface area contributed by atoms with Gasteiger partial charge in [0, 0.05) is 0 Å². The van der Waals surface area contributed by atoms with Crippen LogP contribution in [0.4, 0.5) is 0 Å². The molecule has 2 nitrogen and oxygen atoms in total. The first-order chi connectivity index (χ1) is 6.27. The van der Waals surface area contributed by atoms with Gasteiger partial charge in [-0.25, -0.2) is 0 Å². The molecule has 2 aromatic rings. The van der Waals surface area contributed by atoms with Crippen LogP contribution in [0.2, 0.25) is 0 Å². The molecule has 0 bridgehead atoms. The van der Waals surface area contributed by atoms with Gasteiger partial charge in [0.25, 0.3) is 0 Å². The van der Waals surface area contributed by atoms with Crippen molar-refractivity contribution >= 4 is 46.5 Å². The molecule has 0 unspecified atom stereocenters. The maximum absolute atomic E-state index is 4.90. The van der Waals surface area contributed by atoms with Gasteiger partial charge in [0.05, 0.1) is 16.4 Å². The molecule has 0 amide bonds. The first kappa shape index (κ1) is 10.6. The second-order valence-corrected chi connectivity index (χ2v) is 3.44. The topological polar surface area (TPSA) is 31.6 Å². The van der Waals surface area contributed by atoms with Gasteiger partial charge in [-0.05, 0) is 24.4 Å². The molecule has 2 rings (SSSR count). The number of aromatic nitrogens is 2. The van der Waals surface area contributed by atoms with Crippen molar-refractivity contribution in [3.05, 3.63) is 29.0 Å². The van der Waals surface area contributed by atoms with Gasteiger partial charge in [-0.1, -0.05) is 12.1 Å². The number of rotatable bonds is 0. The molecule has 1 aromatic heterocycles.